The molecule has 3 aromatic rings. The molecule has 0 bridgehead atoms. The van der Waals surface area contributed by atoms with Crippen molar-refractivity contribution >= 4 is 16.9 Å². The third-order valence-electron chi connectivity index (χ3n) is 4.27. The molecule has 1 aromatic carbocycles. The molecule has 1 N–H and O–H groups in total. The minimum atomic E-state index is -0.154. The summed E-state index contributed by atoms with van der Waals surface area (Å²) in [6, 6.07) is 11.6. The zero-order chi connectivity index (χ0) is 18.4. The number of aryl methyl sites for hydroxylation is 1. The molecule has 0 radical (unpaired) electrons. The number of carbonyl (C=O) groups is 1. The van der Waals surface area contributed by atoms with Crippen LogP contribution in [0.15, 0.2) is 59.2 Å². The van der Waals surface area contributed by atoms with E-state index in [1.165, 1.54) is 6.26 Å². The lowest BCUT2D eigenvalue weighted by atomic mass is 10.2. The Balaban J connectivity index is 1.48. The van der Waals surface area contributed by atoms with E-state index in [0.29, 0.717) is 12.3 Å². The predicted molar refractivity (Wildman–Crippen MR) is 103 cm³/mol. The molecule has 2 aromatic heterocycles. The maximum Gasteiger partial charge on any atom is 0.286 e. The lowest BCUT2D eigenvalue weighted by Gasteiger charge is -2.09. The van der Waals surface area contributed by atoms with Crippen molar-refractivity contribution in [1.29, 1.82) is 0 Å². The Morgan fingerprint density at radius 3 is 2.81 bits per heavy atom. The second-order valence-electron chi connectivity index (χ2n) is 6.60. The smallest absolute Gasteiger partial charge is 0.286 e. The zero-order valence-corrected chi connectivity index (χ0v) is 15.2. The van der Waals surface area contributed by atoms with Gasteiger partial charge < -0.3 is 14.3 Å². The number of amides is 1. The molecule has 5 nitrogen and oxygen atoms in total. The van der Waals surface area contributed by atoms with Crippen LogP contribution in [0.2, 0.25) is 0 Å². The summed E-state index contributed by atoms with van der Waals surface area (Å²) in [5.74, 6) is 1.31. The minimum Gasteiger partial charge on any atom is -0.459 e. The average molecular weight is 351 g/mol. The molecule has 0 aliphatic heterocycles. The maximum absolute atomic E-state index is 11.8. The third-order valence-corrected chi connectivity index (χ3v) is 4.27. The van der Waals surface area contributed by atoms with Crippen molar-refractivity contribution in [3.05, 3.63) is 66.4 Å². The number of para-hydroxylation sites is 2. The predicted octanol–water partition coefficient (Wildman–Crippen LogP) is 4.35. The van der Waals surface area contributed by atoms with E-state index >= 15 is 0 Å². The van der Waals surface area contributed by atoms with Gasteiger partial charge in [-0.3, -0.25) is 4.79 Å². The van der Waals surface area contributed by atoms with E-state index in [2.05, 4.69) is 28.6 Å². The Bertz CT molecular complexity index is 878. The van der Waals surface area contributed by atoms with Gasteiger partial charge in [0.2, 0.25) is 0 Å². The molecule has 136 valence electrons. The SMILES string of the molecule is C=C(C)Cn1c(CCCCCNC(=O)c2ccco2)nc2ccccc21. The van der Waals surface area contributed by atoms with Crippen LogP contribution < -0.4 is 5.32 Å². The summed E-state index contributed by atoms with van der Waals surface area (Å²) in [7, 11) is 0. The highest BCUT2D eigenvalue weighted by molar-refractivity contribution is 5.91. The van der Waals surface area contributed by atoms with Gasteiger partial charge in [0.15, 0.2) is 5.76 Å². The van der Waals surface area contributed by atoms with Crippen LogP contribution in [0.4, 0.5) is 0 Å². The highest BCUT2D eigenvalue weighted by Gasteiger charge is 2.10. The second-order valence-corrected chi connectivity index (χ2v) is 6.60. The number of rotatable bonds is 9. The van der Waals surface area contributed by atoms with Crippen LogP contribution in [0.5, 0.6) is 0 Å². The number of imidazole rings is 1. The normalized spacial score (nSPS) is 11.0. The number of aromatic nitrogens is 2. The molecule has 0 spiro atoms. The van der Waals surface area contributed by atoms with Gasteiger partial charge in [0.05, 0.1) is 17.3 Å². The Morgan fingerprint density at radius 1 is 1.19 bits per heavy atom. The van der Waals surface area contributed by atoms with E-state index in [4.69, 9.17) is 9.40 Å². The molecule has 5 heteroatoms. The zero-order valence-electron chi connectivity index (χ0n) is 15.2. The Labute approximate surface area is 153 Å². The first-order chi connectivity index (χ1) is 12.6. The molecule has 0 atom stereocenters. The summed E-state index contributed by atoms with van der Waals surface area (Å²) in [5.41, 5.74) is 3.32. The summed E-state index contributed by atoms with van der Waals surface area (Å²) in [6.45, 7) is 7.54. The minimum absolute atomic E-state index is 0.154. The van der Waals surface area contributed by atoms with E-state index < -0.39 is 0 Å². The molecule has 0 aliphatic carbocycles. The largest absolute Gasteiger partial charge is 0.459 e. The van der Waals surface area contributed by atoms with Crippen molar-refractivity contribution in [3.8, 4) is 0 Å². The van der Waals surface area contributed by atoms with Gasteiger partial charge in [-0.15, -0.1) is 0 Å². The Morgan fingerprint density at radius 2 is 2.04 bits per heavy atom. The Hall–Kier alpha value is -2.82. The van der Waals surface area contributed by atoms with Crippen molar-refractivity contribution < 1.29 is 9.21 Å². The summed E-state index contributed by atoms with van der Waals surface area (Å²) in [6.07, 6.45) is 5.44. The number of hydrogen-bond donors (Lipinski definition) is 1. The highest BCUT2D eigenvalue weighted by Crippen LogP contribution is 2.19. The van der Waals surface area contributed by atoms with Crippen LogP contribution in [-0.2, 0) is 13.0 Å². The number of fused-ring (bicyclic) bond motifs is 1. The Kier molecular flexibility index (Phi) is 5.89. The summed E-state index contributed by atoms with van der Waals surface area (Å²) >= 11 is 0. The lowest BCUT2D eigenvalue weighted by Crippen LogP contribution is -2.23. The molecule has 0 saturated carbocycles. The van der Waals surface area contributed by atoms with Crippen molar-refractivity contribution in [2.75, 3.05) is 6.54 Å². The van der Waals surface area contributed by atoms with Gasteiger partial charge in [-0.2, -0.15) is 0 Å². The maximum atomic E-state index is 11.8. The van der Waals surface area contributed by atoms with Gasteiger partial charge in [0, 0.05) is 19.5 Å². The van der Waals surface area contributed by atoms with Gasteiger partial charge in [0.25, 0.3) is 5.91 Å². The number of allylic oxidation sites excluding steroid dienone is 1. The fourth-order valence-corrected chi connectivity index (χ4v) is 3.04. The van der Waals surface area contributed by atoms with Crippen LogP contribution in [0, 0.1) is 0 Å². The van der Waals surface area contributed by atoms with Crippen LogP contribution in [-0.4, -0.2) is 22.0 Å². The first-order valence-electron chi connectivity index (χ1n) is 9.05. The quantitative estimate of drug-likeness (QED) is 0.460. The number of furan rings is 1. The topological polar surface area (TPSA) is 60.1 Å². The second kappa shape index (κ2) is 8.52. The number of nitrogens with one attached hydrogen (secondary N) is 1. The molecule has 2 heterocycles. The van der Waals surface area contributed by atoms with E-state index in [1.807, 2.05) is 19.1 Å². The van der Waals surface area contributed by atoms with Gasteiger partial charge in [0.1, 0.15) is 5.82 Å². The first-order valence-corrected chi connectivity index (χ1v) is 9.05. The number of unbranched alkanes of at least 4 members (excludes halogenated alkanes) is 2. The van der Waals surface area contributed by atoms with Crippen molar-refractivity contribution in [1.82, 2.24) is 14.9 Å². The number of hydrogen-bond acceptors (Lipinski definition) is 3. The van der Waals surface area contributed by atoms with Crippen molar-refractivity contribution in [2.24, 2.45) is 0 Å². The van der Waals surface area contributed by atoms with Gasteiger partial charge in [-0.1, -0.05) is 30.7 Å². The number of carbonyl (C=O) groups excluding carboxylic acids is 1. The molecular formula is C21H25N3O2. The molecule has 3 rings (SSSR count). The fraction of sp³-hybridized carbons (Fsp3) is 0.333. The molecule has 0 fully saturated rings. The number of nitrogens with zero attached hydrogens (tertiary/aromatic N) is 2. The van der Waals surface area contributed by atoms with E-state index in [9.17, 15) is 4.79 Å². The van der Waals surface area contributed by atoms with Crippen LogP contribution in [0.25, 0.3) is 11.0 Å². The molecule has 0 unspecified atom stereocenters. The molecule has 0 aliphatic rings. The summed E-state index contributed by atoms with van der Waals surface area (Å²) in [4.78, 5) is 16.6. The van der Waals surface area contributed by atoms with Crippen LogP contribution in [0.1, 0.15) is 42.6 Å². The van der Waals surface area contributed by atoms with Gasteiger partial charge >= 0.3 is 0 Å². The highest BCUT2D eigenvalue weighted by atomic mass is 16.3. The van der Waals surface area contributed by atoms with Crippen LogP contribution >= 0.6 is 0 Å². The summed E-state index contributed by atoms with van der Waals surface area (Å²) in [5, 5.41) is 2.88. The van der Waals surface area contributed by atoms with Crippen molar-refractivity contribution in [3.63, 3.8) is 0 Å². The van der Waals surface area contributed by atoms with Gasteiger partial charge in [-0.05, 0) is 44.0 Å². The van der Waals surface area contributed by atoms with E-state index in [1.54, 1.807) is 12.1 Å². The monoisotopic (exact) mass is 351 g/mol. The third kappa shape index (κ3) is 4.42. The first kappa shape index (κ1) is 18.0. The molecule has 26 heavy (non-hydrogen) atoms. The fourth-order valence-electron chi connectivity index (χ4n) is 3.04. The van der Waals surface area contributed by atoms with Crippen molar-refractivity contribution in [2.45, 2.75) is 39.2 Å². The van der Waals surface area contributed by atoms with E-state index in [-0.39, 0.29) is 5.91 Å². The standard InChI is InChI=1S/C21H25N3O2/c1-16(2)15-24-18-10-6-5-9-17(18)23-20(24)12-4-3-7-13-22-21(25)19-11-8-14-26-19/h5-6,8-11,14H,1,3-4,7,12-13,15H2,2H3,(H,22,25). The molecular weight excluding hydrogens is 326 g/mol. The van der Waals surface area contributed by atoms with E-state index in [0.717, 1.165) is 54.7 Å². The number of benzene rings is 1. The van der Waals surface area contributed by atoms with Crippen LogP contribution in [0.3, 0.4) is 0 Å². The van der Waals surface area contributed by atoms with Gasteiger partial charge in [-0.25, -0.2) is 4.98 Å². The lowest BCUT2D eigenvalue weighted by molar-refractivity contribution is 0.0925. The molecule has 0 saturated heterocycles. The summed E-state index contributed by atoms with van der Waals surface area (Å²) < 4.78 is 7.34. The molecule has 1 amide bonds. The average Bonchev–Trinajstić information content (AvgIpc) is 3.26.